The number of carbonyl (C=O) groups excluding carboxylic acids is 1. The SMILES string of the molecule is C=C(F)C(=O)Nc1cccc(F)c1N=c1cc2n3c(c(-c4c(Cl)c(OC)cc(OC)c4Cl)cc-2cn1)NCN3. The molecule has 2 aromatic rings. The number of fused-ring (bicyclic) bond motifs is 3. The Hall–Kier alpha value is -4.35. The van der Waals surface area contributed by atoms with E-state index in [1.807, 2.05) is 6.07 Å². The van der Waals surface area contributed by atoms with E-state index < -0.39 is 17.6 Å². The van der Waals surface area contributed by atoms with E-state index in [9.17, 15) is 13.6 Å². The van der Waals surface area contributed by atoms with Gasteiger partial charge in [-0.15, -0.1) is 0 Å². The third-order valence-electron chi connectivity index (χ3n) is 5.96. The third-order valence-corrected chi connectivity index (χ3v) is 6.71. The molecule has 0 bridgehead atoms. The van der Waals surface area contributed by atoms with Crippen LogP contribution in [0.3, 0.4) is 0 Å². The van der Waals surface area contributed by atoms with E-state index in [-0.39, 0.29) is 16.9 Å². The van der Waals surface area contributed by atoms with Crippen LogP contribution < -0.4 is 31.0 Å². The molecule has 39 heavy (non-hydrogen) atoms. The molecule has 0 atom stereocenters. The number of para-hydroxylation sites is 1. The number of aromatic nitrogens is 2. The number of nitrogens with one attached hydrogen (secondary N) is 3. The lowest BCUT2D eigenvalue weighted by Gasteiger charge is -2.20. The molecule has 2 aromatic carbocycles. The van der Waals surface area contributed by atoms with Gasteiger partial charge in [0.05, 0.1) is 35.6 Å². The minimum atomic E-state index is -1.22. The fourth-order valence-corrected chi connectivity index (χ4v) is 4.87. The lowest BCUT2D eigenvalue weighted by Crippen LogP contribution is -2.16. The van der Waals surface area contributed by atoms with Gasteiger partial charge in [-0.25, -0.2) is 23.4 Å². The smallest absolute Gasteiger partial charge is 0.283 e. The molecule has 3 aliphatic heterocycles. The number of benzene rings is 2. The number of ether oxygens (including phenoxy) is 2. The number of amides is 1. The molecule has 0 aliphatic carbocycles. The van der Waals surface area contributed by atoms with Crippen molar-refractivity contribution in [2.24, 2.45) is 4.99 Å². The van der Waals surface area contributed by atoms with Crippen molar-refractivity contribution in [2.75, 3.05) is 36.9 Å². The van der Waals surface area contributed by atoms with Crippen molar-refractivity contribution in [1.82, 2.24) is 9.66 Å². The Morgan fingerprint density at radius 2 is 1.90 bits per heavy atom. The minimum Gasteiger partial charge on any atom is -0.495 e. The average Bonchev–Trinajstić information content (AvgIpc) is 3.41. The second-order valence-corrected chi connectivity index (χ2v) is 9.00. The van der Waals surface area contributed by atoms with Crippen LogP contribution in [0.4, 0.5) is 26.0 Å². The molecule has 0 spiro atoms. The van der Waals surface area contributed by atoms with Gasteiger partial charge in [-0.05, 0) is 18.2 Å². The molecule has 3 N–H and O–H groups in total. The maximum absolute atomic E-state index is 14.7. The lowest BCUT2D eigenvalue weighted by atomic mass is 10.0. The molecule has 0 fully saturated rings. The van der Waals surface area contributed by atoms with Gasteiger partial charge in [0.2, 0.25) is 0 Å². The van der Waals surface area contributed by atoms with Gasteiger partial charge in [0, 0.05) is 35.0 Å². The minimum absolute atomic E-state index is 0.0371. The van der Waals surface area contributed by atoms with Crippen molar-refractivity contribution in [2.45, 2.75) is 0 Å². The summed E-state index contributed by atoms with van der Waals surface area (Å²) in [4.78, 5) is 20.4. The summed E-state index contributed by atoms with van der Waals surface area (Å²) in [6.45, 7) is 3.34. The van der Waals surface area contributed by atoms with E-state index in [1.165, 1.54) is 32.4 Å². The predicted octanol–water partition coefficient (Wildman–Crippen LogP) is 5.70. The number of rotatable bonds is 6. The molecule has 200 valence electrons. The Labute approximate surface area is 231 Å². The highest BCUT2D eigenvalue weighted by molar-refractivity contribution is 6.41. The molecule has 3 heterocycles. The Balaban J connectivity index is 1.69. The highest BCUT2D eigenvalue weighted by atomic mass is 35.5. The molecule has 3 aliphatic rings. The van der Waals surface area contributed by atoms with Crippen molar-refractivity contribution < 1.29 is 23.0 Å². The van der Waals surface area contributed by atoms with Gasteiger partial charge in [-0.1, -0.05) is 35.8 Å². The van der Waals surface area contributed by atoms with Crippen LogP contribution in [0.5, 0.6) is 11.5 Å². The second-order valence-electron chi connectivity index (χ2n) is 8.25. The normalized spacial score (nSPS) is 12.5. The van der Waals surface area contributed by atoms with Gasteiger partial charge >= 0.3 is 0 Å². The van der Waals surface area contributed by atoms with Gasteiger partial charge < -0.3 is 25.5 Å². The second kappa shape index (κ2) is 10.4. The summed E-state index contributed by atoms with van der Waals surface area (Å²) in [6.07, 6.45) is 1.55. The topological polar surface area (TPSA) is 102 Å². The van der Waals surface area contributed by atoms with Crippen molar-refractivity contribution in [3.8, 4) is 33.9 Å². The van der Waals surface area contributed by atoms with E-state index in [0.717, 1.165) is 0 Å². The number of nitrogens with zero attached hydrogens (tertiary/aromatic N) is 3. The Bertz CT molecular complexity index is 1660. The molecule has 0 saturated carbocycles. The average molecular weight is 573 g/mol. The number of hydrogen-bond acceptors (Lipinski definition) is 7. The molecule has 0 radical (unpaired) electrons. The first-order valence-electron chi connectivity index (χ1n) is 11.4. The zero-order chi connectivity index (χ0) is 27.8. The Morgan fingerprint density at radius 1 is 1.18 bits per heavy atom. The number of carbonyl (C=O) groups is 1. The van der Waals surface area contributed by atoms with Gasteiger partial charge in [-0.2, -0.15) is 0 Å². The van der Waals surface area contributed by atoms with Crippen LogP contribution in [-0.4, -0.2) is 36.5 Å². The van der Waals surface area contributed by atoms with Gasteiger partial charge in [-0.3, -0.25) is 4.79 Å². The summed E-state index contributed by atoms with van der Waals surface area (Å²) in [5, 5.41) is 6.11. The van der Waals surface area contributed by atoms with Crippen molar-refractivity contribution in [3.05, 3.63) is 76.4 Å². The van der Waals surface area contributed by atoms with Crippen LogP contribution in [0.2, 0.25) is 10.0 Å². The predicted molar refractivity (Wildman–Crippen MR) is 146 cm³/mol. The highest BCUT2D eigenvalue weighted by Crippen LogP contribution is 2.49. The summed E-state index contributed by atoms with van der Waals surface area (Å²) < 4.78 is 40.5. The molecule has 0 aromatic heterocycles. The fraction of sp³-hybridized carbons (Fsp3) is 0.115. The largest absolute Gasteiger partial charge is 0.495 e. The van der Waals surface area contributed by atoms with Crippen LogP contribution in [-0.2, 0) is 4.79 Å². The van der Waals surface area contributed by atoms with Gasteiger partial charge in [0.1, 0.15) is 29.7 Å². The van der Waals surface area contributed by atoms with E-state index >= 15 is 0 Å². The summed E-state index contributed by atoms with van der Waals surface area (Å²) >= 11 is 13.4. The molecule has 9 nitrogen and oxygen atoms in total. The first-order valence-corrected chi connectivity index (χ1v) is 12.1. The number of anilines is 2. The first kappa shape index (κ1) is 26.3. The van der Waals surface area contributed by atoms with Crippen molar-refractivity contribution >= 4 is 46.3 Å². The van der Waals surface area contributed by atoms with Crippen molar-refractivity contribution in [3.63, 3.8) is 0 Å². The van der Waals surface area contributed by atoms with E-state index in [0.29, 0.717) is 56.4 Å². The van der Waals surface area contributed by atoms with Gasteiger partial charge in [0.25, 0.3) is 5.91 Å². The van der Waals surface area contributed by atoms with Crippen LogP contribution in [0, 0.1) is 5.82 Å². The third kappa shape index (κ3) is 4.70. The monoisotopic (exact) mass is 572 g/mol. The number of pyridine rings is 2. The zero-order valence-corrected chi connectivity index (χ0v) is 22.0. The maximum atomic E-state index is 14.7. The lowest BCUT2D eigenvalue weighted by molar-refractivity contribution is -0.114. The van der Waals surface area contributed by atoms with E-state index in [2.05, 4.69) is 32.6 Å². The maximum Gasteiger partial charge on any atom is 0.283 e. The molecule has 13 heteroatoms. The van der Waals surface area contributed by atoms with Crippen LogP contribution >= 0.6 is 23.2 Å². The van der Waals surface area contributed by atoms with Crippen LogP contribution in [0.1, 0.15) is 0 Å². The van der Waals surface area contributed by atoms with Crippen molar-refractivity contribution in [1.29, 1.82) is 0 Å². The summed E-state index contributed by atoms with van der Waals surface area (Å²) in [5.41, 5.74) is 5.55. The summed E-state index contributed by atoms with van der Waals surface area (Å²) in [5.74, 6) is -1.65. The molecule has 0 saturated heterocycles. The molecule has 0 unspecified atom stereocenters. The number of methoxy groups -OCH3 is 2. The number of halogens is 4. The molecule has 1 amide bonds. The Morgan fingerprint density at radius 3 is 2.56 bits per heavy atom. The fourth-order valence-electron chi connectivity index (χ4n) is 4.16. The summed E-state index contributed by atoms with van der Waals surface area (Å²) in [7, 11) is 2.99. The molecular formula is C26H20Cl2F2N6O3. The highest BCUT2D eigenvalue weighted by Gasteiger charge is 2.27. The summed E-state index contributed by atoms with van der Waals surface area (Å²) in [6, 6.07) is 8.99. The number of hydrogen-bond donors (Lipinski definition) is 3. The van der Waals surface area contributed by atoms with E-state index in [4.69, 9.17) is 32.7 Å². The van der Waals surface area contributed by atoms with Crippen LogP contribution in [0.15, 0.2) is 60.0 Å². The first-order chi connectivity index (χ1) is 18.7. The van der Waals surface area contributed by atoms with E-state index in [1.54, 1.807) is 23.0 Å². The van der Waals surface area contributed by atoms with Gasteiger partial charge in [0.15, 0.2) is 17.1 Å². The quantitative estimate of drug-likeness (QED) is 0.256. The zero-order valence-electron chi connectivity index (χ0n) is 20.5. The Kier molecular flexibility index (Phi) is 7.02. The van der Waals surface area contributed by atoms with Crippen LogP contribution in [0.25, 0.3) is 22.4 Å². The molecular weight excluding hydrogens is 553 g/mol. The standard InChI is InChI=1S/C26H20Cl2F2N6O3/c1-12(29)26(37)34-16-6-4-5-15(30)24(16)35-20-8-17-13(10-31-20)7-14(25-32-11-33-36(17)25)21-22(27)18(38-2)9-19(39-3)23(21)28/h4-10,32-33H,1,11H2,2-3H3,(H,34,37). The molecule has 5 rings (SSSR count).